The number of aliphatic hydroxyl groups excluding tert-OH is 3. The standard InChI is InChI=1S/C45H85NO4/c1-3-5-7-9-11-13-15-17-19-20-21-22-23-25-26-28-30-32-34-36-38-42(48)40-45(50)46-43(41-47)44(49)39-37-35-33-31-29-27-24-18-16-14-12-10-8-6-4-2/h23,25,29,31,37,39,42-44,47-49H,3-22,24,26-28,30,32-36,38,40-41H2,1-2H3,(H,46,50)/b25-23-,31-29+,39-37+. The van der Waals surface area contributed by atoms with E-state index in [1.165, 1.54) is 148 Å². The SMILES string of the molecule is CCCCCCCCCCC/C=C/CC/C=C/C(O)C(CO)NC(=O)CC(O)CCCCCCC/C=C\CCCCCCCCCCCCC. The molecule has 0 radical (unpaired) electrons. The minimum absolute atomic E-state index is 0.000603. The highest BCUT2D eigenvalue weighted by Gasteiger charge is 2.20. The summed E-state index contributed by atoms with van der Waals surface area (Å²) in [6, 6.07) is -0.762. The molecule has 0 rings (SSSR count). The molecule has 294 valence electrons. The molecule has 0 bridgehead atoms. The number of hydrogen-bond donors (Lipinski definition) is 4. The molecule has 0 saturated heterocycles. The van der Waals surface area contributed by atoms with Gasteiger partial charge in [0.1, 0.15) is 0 Å². The lowest BCUT2D eigenvalue weighted by atomic mass is 10.0. The minimum atomic E-state index is -0.952. The van der Waals surface area contributed by atoms with E-state index in [1.807, 2.05) is 6.08 Å². The van der Waals surface area contributed by atoms with E-state index >= 15 is 0 Å². The fourth-order valence-corrected chi connectivity index (χ4v) is 6.53. The van der Waals surface area contributed by atoms with Crippen LogP contribution in [0.2, 0.25) is 0 Å². The predicted octanol–water partition coefficient (Wildman–Crippen LogP) is 12.4. The fourth-order valence-electron chi connectivity index (χ4n) is 6.53. The van der Waals surface area contributed by atoms with E-state index < -0.39 is 18.2 Å². The second kappa shape index (κ2) is 40.3. The van der Waals surface area contributed by atoms with Crippen molar-refractivity contribution in [3.05, 3.63) is 36.5 Å². The predicted molar refractivity (Wildman–Crippen MR) is 218 cm³/mol. The van der Waals surface area contributed by atoms with Gasteiger partial charge < -0.3 is 20.6 Å². The van der Waals surface area contributed by atoms with E-state index in [0.29, 0.717) is 6.42 Å². The molecule has 3 atom stereocenters. The summed E-state index contributed by atoms with van der Waals surface area (Å²) in [5.41, 5.74) is 0. The van der Waals surface area contributed by atoms with Gasteiger partial charge in [-0.2, -0.15) is 0 Å². The van der Waals surface area contributed by atoms with Crippen LogP contribution in [0, 0.1) is 0 Å². The van der Waals surface area contributed by atoms with Crippen LogP contribution < -0.4 is 5.32 Å². The van der Waals surface area contributed by atoms with Crippen LogP contribution in [0.3, 0.4) is 0 Å². The normalized spacial score (nSPS) is 13.9. The molecule has 0 aliphatic heterocycles. The van der Waals surface area contributed by atoms with Gasteiger partial charge in [0.05, 0.1) is 31.3 Å². The molecule has 3 unspecified atom stereocenters. The highest BCUT2D eigenvalue weighted by atomic mass is 16.3. The van der Waals surface area contributed by atoms with E-state index in [9.17, 15) is 20.1 Å². The Labute approximate surface area is 311 Å². The van der Waals surface area contributed by atoms with Gasteiger partial charge in [0, 0.05) is 0 Å². The van der Waals surface area contributed by atoms with Crippen molar-refractivity contribution in [2.45, 2.75) is 238 Å². The number of unbranched alkanes of at least 4 members (excludes halogenated alkanes) is 26. The van der Waals surface area contributed by atoms with Crippen molar-refractivity contribution in [3.8, 4) is 0 Å². The maximum Gasteiger partial charge on any atom is 0.222 e. The zero-order valence-electron chi connectivity index (χ0n) is 33.3. The number of hydrogen-bond acceptors (Lipinski definition) is 4. The van der Waals surface area contributed by atoms with Crippen LogP contribution in [0.5, 0.6) is 0 Å². The summed E-state index contributed by atoms with van der Waals surface area (Å²) in [6.45, 7) is 4.20. The van der Waals surface area contributed by atoms with Gasteiger partial charge in [-0.25, -0.2) is 0 Å². The van der Waals surface area contributed by atoms with Crippen LogP contribution in [0.1, 0.15) is 219 Å². The number of carbonyl (C=O) groups excluding carboxylic acids is 1. The molecule has 0 aromatic heterocycles. The van der Waals surface area contributed by atoms with Gasteiger partial charge in [-0.05, 0) is 57.8 Å². The van der Waals surface area contributed by atoms with Gasteiger partial charge in [0.2, 0.25) is 5.91 Å². The van der Waals surface area contributed by atoms with Crippen LogP contribution >= 0.6 is 0 Å². The van der Waals surface area contributed by atoms with Gasteiger partial charge >= 0.3 is 0 Å². The summed E-state index contributed by atoms with van der Waals surface area (Å²) in [5.74, 6) is -0.330. The molecule has 1 amide bonds. The second-order valence-corrected chi connectivity index (χ2v) is 14.9. The van der Waals surface area contributed by atoms with Crippen molar-refractivity contribution in [2.24, 2.45) is 0 Å². The Morgan fingerprint density at radius 2 is 0.860 bits per heavy atom. The molecule has 0 saturated carbocycles. The first-order chi connectivity index (χ1) is 24.5. The van der Waals surface area contributed by atoms with Crippen LogP contribution in [0.25, 0.3) is 0 Å². The van der Waals surface area contributed by atoms with Crippen LogP contribution in [-0.2, 0) is 4.79 Å². The molecule has 0 spiro atoms. The molecule has 5 nitrogen and oxygen atoms in total. The largest absolute Gasteiger partial charge is 0.394 e. The number of rotatable bonds is 39. The Kier molecular flexibility index (Phi) is 39.2. The monoisotopic (exact) mass is 704 g/mol. The molecule has 0 aromatic carbocycles. The summed E-state index contributed by atoms with van der Waals surface area (Å²) < 4.78 is 0. The van der Waals surface area contributed by atoms with Crippen molar-refractivity contribution in [1.29, 1.82) is 0 Å². The lowest BCUT2D eigenvalue weighted by molar-refractivity contribution is -0.124. The zero-order chi connectivity index (χ0) is 36.6. The van der Waals surface area contributed by atoms with Crippen LogP contribution in [0.15, 0.2) is 36.5 Å². The topological polar surface area (TPSA) is 89.8 Å². The highest BCUT2D eigenvalue weighted by molar-refractivity contribution is 5.76. The Morgan fingerprint density at radius 3 is 1.28 bits per heavy atom. The van der Waals surface area contributed by atoms with Crippen molar-refractivity contribution >= 4 is 5.91 Å². The van der Waals surface area contributed by atoms with E-state index in [1.54, 1.807) is 6.08 Å². The van der Waals surface area contributed by atoms with Crippen molar-refractivity contribution in [3.63, 3.8) is 0 Å². The van der Waals surface area contributed by atoms with Gasteiger partial charge in [0.25, 0.3) is 0 Å². The lowest BCUT2D eigenvalue weighted by Crippen LogP contribution is -2.45. The maximum absolute atomic E-state index is 12.4. The Balaban J connectivity index is 3.71. The van der Waals surface area contributed by atoms with E-state index in [2.05, 4.69) is 43.5 Å². The molecule has 0 aromatic rings. The summed E-state index contributed by atoms with van der Waals surface area (Å²) >= 11 is 0. The number of amides is 1. The fraction of sp³-hybridized carbons (Fsp3) is 0.844. The molecule has 0 aliphatic rings. The maximum atomic E-state index is 12.4. The summed E-state index contributed by atoms with van der Waals surface area (Å²) in [4.78, 5) is 12.4. The summed E-state index contributed by atoms with van der Waals surface area (Å²) in [5, 5.41) is 33.2. The van der Waals surface area contributed by atoms with E-state index in [0.717, 1.165) is 44.9 Å². The van der Waals surface area contributed by atoms with Gasteiger partial charge in [0.15, 0.2) is 0 Å². The first-order valence-corrected chi connectivity index (χ1v) is 21.8. The van der Waals surface area contributed by atoms with Crippen LogP contribution in [-0.4, -0.2) is 46.1 Å². The lowest BCUT2D eigenvalue weighted by Gasteiger charge is -2.20. The Morgan fingerprint density at radius 1 is 0.500 bits per heavy atom. The molecule has 4 N–H and O–H groups in total. The molecular formula is C45H85NO4. The summed E-state index contributed by atoms with van der Waals surface area (Å²) in [7, 11) is 0. The van der Waals surface area contributed by atoms with Gasteiger partial charge in [-0.15, -0.1) is 0 Å². The first kappa shape index (κ1) is 48.6. The van der Waals surface area contributed by atoms with Crippen LogP contribution in [0.4, 0.5) is 0 Å². The third-order valence-corrected chi connectivity index (χ3v) is 9.90. The molecule has 50 heavy (non-hydrogen) atoms. The molecule has 0 heterocycles. The molecule has 5 heteroatoms. The number of nitrogens with one attached hydrogen (secondary N) is 1. The Hall–Kier alpha value is -1.43. The zero-order valence-corrected chi connectivity index (χ0v) is 33.3. The molecule has 0 fully saturated rings. The van der Waals surface area contributed by atoms with E-state index in [-0.39, 0.29) is 18.9 Å². The van der Waals surface area contributed by atoms with Gasteiger partial charge in [-0.1, -0.05) is 192 Å². The minimum Gasteiger partial charge on any atom is -0.394 e. The molecule has 0 aliphatic carbocycles. The summed E-state index contributed by atoms with van der Waals surface area (Å²) in [6.07, 6.45) is 50.0. The average molecular weight is 704 g/mol. The van der Waals surface area contributed by atoms with Crippen molar-refractivity contribution in [2.75, 3.05) is 6.61 Å². The average Bonchev–Trinajstić information content (AvgIpc) is 3.11. The Bertz CT molecular complexity index is 779. The number of allylic oxidation sites excluding steroid dienone is 5. The number of aliphatic hydroxyl groups is 3. The third-order valence-electron chi connectivity index (χ3n) is 9.90. The second-order valence-electron chi connectivity index (χ2n) is 14.9. The van der Waals surface area contributed by atoms with Crippen molar-refractivity contribution < 1.29 is 20.1 Å². The quantitative estimate of drug-likeness (QED) is 0.0379. The highest BCUT2D eigenvalue weighted by Crippen LogP contribution is 2.14. The van der Waals surface area contributed by atoms with E-state index in [4.69, 9.17) is 0 Å². The third kappa shape index (κ3) is 36.4. The molecular weight excluding hydrogens is 618 g/mol. The van der Waals surface area contributed by atoms with Gasteiger partial charge in [-0.3, -0.25) is 4.79 Å². The van der Waals surface area contributed by atoms with Crippen molar-refractivity contribution in [1.82, 2.24) is 5.32 Å². The smallest absolute Gasteiger partial charge is 0.222 e. The first-order valence-electron chi connectivity index (χ1n) is 21.8. The number of carbonyl (C=O) groups is 1.